The van der Waals surface area contributed by atoms with Crippen molar-refractivity contribution in [3.8, 4) is 0 Å². The van der Waals surface area contributed by atoms with E-state index < -0.39 is 52.8 Å². The number of esters is 3. The Morgan fingerprint density at radius 2 is 1.68 bits per heavy atom. The van der Waals surface area contributed by atoms with E-state index in [1.165, 1.54) is 7.11 Å². The normalized spacial score (nSPS) is 38.1. The van der Waals surface area contributed by atoms with Gasteiger partial charge in [-0.3, -0.25) is 0 Å². The number of aliphatic hydroxyl groups is 1. The number of carbonyl (C=O) groups is 3. The van der Waals surface area contributed by atoms with E-state index in [0.29, 0.717) is 23.1 Å². The fourth-order valence-corrected chi connectivity index (χ4v) is 5.59. The van der Waals surface area contributed by atoms with Crippen molar-refractivity contribution in [2.45, 2.75) is 91.3 Å². The van der Waals surface area contributed by atoms with E-state index in [4.69, 9.17) is 18.9 Å². The standard InChI is InChI=1S/C26H36O8/c1-9-14(3)21(27)32-18-11-12-25(30)13-26(31-8)19(16(5)23(29)34-26)20(24(25,7)17(18)6)33-22(28)15(4)10-2/h9-10,17-18,20,30H,11-13H2,1-8H3. The minimum absolute atomic E-state index is 0.0129. The predicted octanol–water partition coefficient (Wildman–Crippen LogP) is 3.53. The molecule has 3 rings (SSSR count). The van der Waals surface area contributed by atoms with Gasteiger partial charge in [-0.1, -0.05) is 26.0 Å². The number of hydrogen-bond donors (Lipinski definition) is 1. The summed E-state index contributed by atoms with van der Waals surface area (Å²) in [5.41, 5.74) is -0.967. The van der Waals surface area contributed by atoms with Crippen molar-refractivity contribution < 1.29 is 38.4 Å². The molecule has 188 valence electrons. The van der Waals surface area contributed by atoms with Crippen molar-refractivity contribution in [3.05, 3.63) is 34.4 Å². The van der Waals surface area contributed by atoms with Crippen molar-refractivity contribution in [2.75, 3.05) is 7.11 Å². The van der Waals surface area contributed by atoms with Gasteiger partial charge in [0.2, 0.25) is 5.79 Å². The Balaban J connectivity index is 2.16. The summed E-state index contributed by atoms with van der Waals surface area (Å²) in [7, 11) is 1.41. The molecule has 3 aliphatic rings. The Bertz CT molecular complexity index is 991. The maximum absolute atomic E-state index is 13.0. The minimum Gasteiger partial charge on any atom is -0.459 e. The molecule has 8 heteroatoms. The van der Waals surface area contributed by atoms with Crippen molar-refractivity contribution >= 4 is 17.9 Å². The highest BCUT2D eigenvalue weighted by molar-refractivity contribution is 5.93. The second-order valence-electron chi connectivity index (χ2n) is 9.88. The lowest BCUT2D eigenvalue weighted by molar-refractivity contribution is -0.291. The van der Waals surface area contributed by atoms with E-state index in [9.17, 15) is 19.5 Å². The fourth-order valence-electron chi connectivity index (χ4n) is 5.59. The Labute approximate surface area is 201 Å². The van der Waals surface area contributed by atoms with Crippen LogP contribution in [0.3, 0.4) is 0 Å². The zero-order chi connectivity index (χ0) is 25.6. The number of ether oxygens (including phenoxy) is 4. The molecule has 0 bridgehead atoms. The summed E-state index contributed by atoms with van der Waals surface area (Å²) in [6, 6.07) is 0. The van der Waals surface area contributed by atoms with Gasteiger partial charge >= 0.3 is 17.9 Å². The van der Waals surface area contributed by atoms with Crippen molar-refractivity contribution in [2.24, 2.45) is 11.3 Å². The number of carbonyl (C=O) groups excluding carboxylic acids is 3. The average Bonchev–Trinajstić information content (AvgIpc) is 3.06. The summed E-state index contributed by atoms with van der Waals surface area (Å²) >= 11 is 0. The molecule has 0 amide bonds. The molecule has 1 aliphatic heterocycles. The van der Waals surface area contributed by atoms with E-state index >= 15 is 0 Å². The maximum Gasteiger partial charge on any atom is 0.336 e. The smallest absolute Gasteiger partial charge is 0.336 e. The molecular formula is C26H36O8. The average molecular weight is 477 g/mol. The third kappa shape index (κ3) is 3.71. The molecule has 2 fully saturated rings. The zero-order valence-corrected chi connectivity index (χ0v) is 21.3. The lowest BCUT2D eigenvalue weighted by Crippen LogP contribution is -2.71. The number of allylic oxidation sites excluding steroid dienone is 2. The fraction of sp³-hybridized carbons (Fsp3) is 0.654. The van der Waals surface area contributed by atoms with Gasteiger partial charge in [-0.15, -0.1) is 0 Å². The Kier molecular flexibility index (Phi) is 6.90. The van der Waals surface area contributed by atoms with Gasteiger partial charge in [-0.2, -0.15) is 0 Å². The van der Waals surface area contributed by atoms with Crippen LogP contribution in [0.1, 0.15) is 67.7 Å². The summed E-state index contributed by atoms with van der Waals surface area (Å²) in [6.07, 6.45) is 2.38. The van der Waals surface area contributed by atoms with E-state index in [-0.39, 0.29) is 18.4 Å². The SMILES string of the molecule is CC=C(C)C(=O)OC1CCC2(O)CC3(OC)OC(=O)C(C)=C3C(OC(=O)C(C)=CC)C2(C)C1C. The topological polar surface area (TPSA) is 108 Å². The molecule has 1 heterocycles. The molecule has 1 N–H and O–H groups in total. The minimum atomic E-state index is -1.53. The third-order valence-corrected chi connectivity index (χ3v) is 8.38. The summed E-state index contributed by atoms with van der Waals surface area (Å²) in [6.45, 7) is 12.1. The number of hydrogen-bond acceptors (Lipinski definition) is 8. The quantitative estimate of drug-likeness (QED) is 0.365. The number of methoxy groups -OCH3 is 1. The van der Waals surface area contributed by atoms with Crippen LogP contribution in [-0.2, 0) is 33.3 Å². The number of rotatable bonds is 5. The van der Waals surface area contributed by atoms with E-state index in [2.05, 4.69) is 0 Å². The lowest BCUT2D eigenvalue weighted by Gasteiger charge is -2.62. The largest absolute Gasteiger partial charge is 0.459 e. The van der Waals surface area contributed by atoms with Crippen molar-refractivity contribution in [1.29, 1.82) is 0 Å². The number of fused-ring (bicyclic) bond motifs is 2. The first-order chi connectivity index (χ1) is 15.8. The van der Waals surface area contributed by atoms with Crippen molar-refractivity contribution in [1.82, 2.24) is 0 Å². The summed E-state index contributed by atoms with van der Waals surface area (Å²) in [4.78, 5) is 38.2. The molecule has 2 aliphatic carbocycles. The van der Waals surface area contributed by atoms with Crippen LogP contribution in [0.25, 0.3) is 0 Å². The summed E-state index contributed by atoms with van der Waals surface area (Å²) in [5, 5.41) is 12.1. The van der Waals surface area contributed by atoms with Gasteiger partial charge in [0, 0.05) is 41.6 Å². The van der Waals surface area contributed by atoms with Gasteiger partial charge in [0.15, 0.2) is 0 Å². The van der Waals surface area contributed by atoms with Gasteiger partial charge in [0.05, 0.1) is 11.2 Å². The lowest BCUT2D eigenvalue weighted by atomic mass is 9.49. The predicted molar refractivity (Wildman–Crippen MR) is 123 cm³/mol. The van der Waals surface area contributed by atoms with Gasteiger partial charge in [-0.25, -0.2) is 14.4 Å². The first-order valence-corrected chi connectivity index (χ1v) is 11.7. The van der Waals surface area contributed by atoms with Gasteiger partial charge < -0.3 is 24.1 Å². The molecule has 0 radical (unpaired) electrons. The highest BCUT2D eigenvalue weighted by Gasteiger charge is 2.72. The molecule has 0 aromatic carbocycles. The van der Waals surface area contributed by atoms with Crippen LogP contribution in [0, 0.1) is 11.3 Å². The molecule has 0 aromatic heterocycles. The first-order valence-electron chi connectivity index (χ1n) is 11.7. The van der Waals surface area contributed by atoms with Crippen LogP contribution in [-0.4, -0.2) is 53.7 Å². The van der Waals surface area contributed by atoms with Gasteiger partial charge in [0.1, 0.15) is 12.2 Å². The van der Waals surface area contributed by atoms with E-state index in [0.717, 1.165) is 0 Å². The molecule has 0 saturated heterocycles. The summed E-state index contributed by atoms with van der Waals surface area (Å²) < 4.78 is 23.2. The molecule has 2 saturated carbocycles. The van der Waals surface area contributed by atoms with Gasteiger partial charge in [-0.05, 0) is 47.5 Å². The van der Waals surface area contributed by atoms with Gasteiger partial charge in [0.25, 0.3) is 0 Å². The summed E-state index contributed by atoms with van der Waals surface area (Å²) in [5.74, 6) is -3.53. The Hall–Kier alpha value is -2.45. The van der Waals surface area contributed by atoms with Crippen LogP contribution < -0.4 is 0 Å². The molecule has 0 aromatic rings. The monoisotopic (exact) mass is 476 g/mol. The molecule has 0 spiro atoms. The Morgan fingerprint density at radius 3 is 2.21 bits per heavy atom. The second kappa shape index (κ2) is 8.96. The zero-order valence-electron chi connectivity index (χ0n) is 21.3. The van der Waals surface area contributed by atoms with Crippen LogP contribution >= 0.6 is 0 Å². The molecule has 8 nitrogen and oxygen atoms in total. The maximum atomic E-state index is 13.0. The van der Waals surface area contributed by atoms with Crippen LogP contribution in [0.4, 0.5) is 0 Å². The van der Waals surface area contributed by atoms with Crippen LogP contribution in [0.15, 0.2) is 34.4 Å². The first kappa shape index (κ1) is 26.2. The van der Waals surface area contributed by atoms with Crippen LogP contribution in [0.5, 0.6) is 0 Å². The van der Waals surface area contributed by atoms with Crippen LogP contribution in [0.2, 0.25) is 0 Å². The molecular weight excluding hydrogens is 440 g/mol. The highest BCUT2D eigenvalue weighted by Crippen LogP contribution is 2.63. The molecule has 6 atom stereocenters. The second-order valence-corrected chi connectivity index (χ2v) is 9.88. The Morgan fingerprint density at radius 1 is 1.12 bits per heavy atom. The highest BCUT2D eigenvalue weighted by atomic mass is 16.7. The third-order valence-electron chi connectivity index (χ3n) is 8.38. The van der Waals surface area contributed by atoms with Crippen molar-refractivity contribution in [3.63, 3.8) is 0 Å². The molecule has 34 heavy (non-hydrogen) atoms. The molecule has 6 unspecified atom stereocenters. The van der Waals surface area contributed by atoms with E-state index in [1.54, 1.807) is 46.8 Å². The van der Waals surface area contributed by atoms with E-state index in [1.807, 2.05) is 13.8 Å².